The quantitative estimate of drug-likeness (QED) is 0.478. The standard InChI is InChI=1S/C25H34ClN5O2/c1-3-30(4-2)16-13-27-24(32)22-18-21(11-12-23(22)31-14-6-5-7-15-31)29-25(33)28-20-10-8-9-19(26)17-20/h8-12,17-18H,3-7,13-16H2,1-2H3,(H,27,32)(H2,28,29,33). The number of likely N-dealkylation sites (N-methyl/N-ethyl adjacent to an activating group) is 1. The van der Waals surface area contributed by atoms with Gasteiger partial charge < -0.3 is 25.8 Å². The molecule has 0 saturated carbocycles. The van der Waals surface area contributed by atoms with Crippen molar-refractivity contribution in [3.05, 3.63) is 53.1 Å². The fourth-order valence-electron chi connectivity index (χ4n) is 4.03. The first-order valence-corrected chi connectivity index (χ1v) is 12.1. The van der Waals surface area contributed by atoms with Crippen molar-refractivity contribution in [2.24, 2.45) is 0 Å². The molecule has 1 heterocycles. The van der Waals surface area contributed by atoms with Gasteiger partial charge in [-0.25, -0.2) is 4.79 Å². The lowest BCUT2D eigenvalue weighted by Gasteiger charge is -2.30. The summed E-state index contributed by atoms with van der Waals surface area (Å²) in [6, 6.07) is 12.1. The summed E-state index contributed by atoms with van der Waals surface area (Å²) < 4.78 is 0. The molecule has 0 bridgehead atoms. The number of benzene rings is 2. The van der Waals surface area contributed by atoms with Gasteiger partial charge in [0.2, 0.25) is 0 Å². The van der Waals surface area contributed by atoms with Crippen LogP contribution in [0.1, 0.15) is 43.5 Å². The van der Waals surface area contributed by atoms with Gasteiger partial charge in [-0.2, -0.15) is 0 Å². The highest BCUT2D eigenvalue weighted by atomic mass is 35.5. The van der Waals surface area contributed by atoms with E-state index < -0.39 is 6.03 Å². The first-order valence-electron chi connectivity index (χ1n) is 11.7. The number of hydrogen-bond donors (Lipinski definition) is 3. The van der Waals surface area contributed by atoms with Crippen molar-refractivity contribution in [1.29, 1.82) is 0 Å². The maximum absolute atomic E-state index is 13.1. The van der Waals surface area contributed by atoms with E-state index in [1.807, 2.05) is 12.1 Å². The molecule has 33 heavy (non-hydrogen) atoms. The zero-order chi connectivity index (χ0) is 23.6. The lowest BCUT2D eigenvalue weighted by Crippen LogP contribution is -2.36. The second-order valence-corrected chi connectivity index (χ2v) is 8.59. The molecule has 2 aromatic carbocycles. The number of piperidine rings is 1. The van der Waals surface area contributed by atoms with Crippen LogP contribution in [0.2, 0.25) is 5.02 Å². The van der Waals surface area contributed by atoms with Crippen molar-refractivity contribution < 1.29 is 9.59 Å². The molecule has 3 N–H and O–H groups in total. The summed E-state index contributed by atoms with van der Waals surface area (Å²) in [6.45, 7) is 9.37. The van der Waals surface area contributed by atoms with Crippen LogP contribution in [0, 0.1) is 0 Å². The third-order valence-corrected chi connectivity index (χ3v) is 6.12. The number of anilines is 3. The summed E-state index contributed by atoms with van der Waals surface area (Å²) in [5.74, 6) is -0.123. The Morgan fingerprint density at radius 1 is 0.970 bits per heavy atom. The predicted molar refractivity (Wildman–Crippen MR) is 137 cm³/mol. The maximum atomic E-state index is 13.1. The molecule has 3 rings (SSSR count). The number of hydrogen-bond acceptors (Lipinski definition) is 4. The monoisotopic (exact) mass is 471 g/mol. The fraction of sp³-hybridized carbons (Fsp3) is 0.440. The molecule has 0 radical (unpaired) electrons. The largest absolute Gasteiger partial charge is 0.371 e. The van der Waals surface area contributed by atoms with Crippen LogP contribution in [0.15, 0.2) is 42.5 Å². The predicted octanol–water partition coefficient (Wildman–Crippen LogP) is 5.05. The summed E-state index contributed by atoms with van der Waals surface area (Å²) in [6.07, 6.45) is 3.45. The minimum atomic E-state index is -0.393. The Balaban J connectivity index is 1.73. The van der Waals surface area contributed by atoms with Gasteiger partial charge in [0.15, 0.2) is 0 Å². The first-order chi connectivity index (χ1) is 16.0. The highest BCUT2D eigenvalue weighted by molar-refractivity contribution is 6.30. The molecule has 0 spiro atoms. The molecule has 1 saturated heterocycles. The molecule has 8 heteroatoms. The Kier molecular flexibility index (Phi) is 9.39. The summed E-state index contributed by atoms with van der Waals surface area (Å²) in [7, 11) is 0. The molecule has 1 aliphatic heterocycles. The number of rotatable bonds is 9. The number of amides is 3. The molecule has 0 unspecified atom stereocenters. The number of halogens is 1. The summed E-state index contributed by atoms with van der Waals surface area (Å²) >= 11 is 5.99. The fourth-order valence-corrected chi connectivity index (χ4v) is 4.22. The van der Waals surface area contributed by atoms with Gasteiger partial charge in [0.1, 0.15) is 0 Å². The molecule has 178 valence electrons. The smallest absolute Gasteiger partial charge is 0.323 e. The van der Waals surface area contributed by atoms with Crippen LogP contribution in [0.25, 0.3) is 0 Å². The molecule has 2 aromatic rings. The lowest BCUT2D eigenvalue weighted by molar-refractivity contribution is 0.0949. The molecule has 0 aliphatic carbocycles. The Hall–Kier alpha value is -2.77. The van der Waals surface area contributed by atoms with Gasteiger partial charge in [0.05, 0.1) is 5.56 Å². The van der Waals surface area contributed by atoms with Crippen LogP contribution < -0.4 is 20.9 Å². The highest BCUT2D eigenvalue weighted by Crippen LogP contribution is 2.27. The SMILES string of the molecule is CCN(CC)CCNC(=O)c1cc(NC(=O)Nc2cccc(Cl)c2)ccc1N1CCCCC1. The van der Waals surface area contributed by atoms with E-state index >= 15 is 0 Å². The first kappa shape index (κ1) is 24.9. The van der Waals surface area contributed by atoms with Gasteiger partial charge in [0.25, 0.3) is 5.91 Å². The van der Waals surface area contributed by atoms with E-state index in [1.54, 1.807) is 30.3 Å². The van der Waals surface area contributed by atoms with Gasteiger partial charge in [0, 0.05) is 48.3 Å². The molecule has 1 aliphatic rings. The Morgan fingerprint density at radius 2 is 1.67 bits per heavy atom. The van der Waals surface area contributed by atoms with Crippen LogP contribution in [-0.4, -0.2) is 56.1 Å². The molecule has 7 nitrogen and oxygen atoms in total. The van der Waals surface area contributed by atoms with E-state index in [2.05, 4.69) is 39.6 Å². The van der Waals surface area contributed by atoms with Gasteiger partial charge in [-0.05, 0) is 68.8 Å². The lowest BCUT2D eigenvalue weighted by atomic mass is 10.1. The summed E-state index contributed by atoms with van der Waals surface area (Å²) in [5, 5.41) is 9.19. The Labute approximate surface area is 201 Å². The van der Waals surface area contributed by atoms with Crippen molar-refractivity contribution in [2.75, 3.05) is 54.8 Å². The summed E-state index contributed by atoms with van der Waals surface area (Å²) in [4.78, 5) is 30.2. The van der Waals surface area contributed by atoms with Crippen LogP contribution in [0.3, 0.4) is 0 Å². The number of carbonyl (C=O) groups is 2. The zero-order valence-electron chi connectivity index (χ0n) is 19.5. The van der Waals surface area contributed by atoms with Crippen LogP contribution >= 0.6 is 11.6 Å². The number of nitrogens with one attached hydrogen (secondary N) is 3. The maximum Gasteiger partial charge on any atom is 0.323 e. The third-order valence-electron chi connectivity index (χ3n) is 5.89. The molecule has 3 amide bonds. The van der Waals surface area contributed by atoms with Gasteiger partial charge in [-0.3, -0.25) is 4.79 Å². The van der Waals surface area contributed by atoms with Crippen molar-refractivity contribution in [3.8, 4) is 0 Å². The van der Waals surface area contributed by atoms with Crippen molar-refractivity contribution in [1.82, 2.24) is 10.2 Å². The molecular weight excluding hydrogens is 438 g/mol. The molecular formula is C25H34ClN5O2. The van der Waals surface area contributed by atoms with E-state index in [1.165, 1.54) is 6.42 Å². The van der Waals surface area contributed by atoms with E-state index in [-0.39, 0.29) is 5.91 Å². The van der Waals surface area contributed by atoms with Crippen molar-refractivity contribution in [3.63, 3.8) is 0 Å². The normalized spacial score (nSPS) is 13.6. The van der Waals surface area contributed by atoms with E-state index in [0.29, 0.717) is 28.5 Å². The van der Waals surface area contributed by atoms with Crippen molar-refractivity contribution in [2.45, 2.75) is 33.1 Å². The summed E-state index contributed by atoms with van der Waals surface area (Å²) in [5.41, 5.74) is 2.65. The Bertz CT molecular complexity index is 942. The number of nitrogens with zero attached hydrogens (tertiary/aromatic N) is 2. The average molecular weight is 472 g/mol. The van der Waals surface area contributed by atoms with E-state index in [0.717, 1.165) is 51.3 Å². The minimum absolute atomic E-state index is 0.123. The topological polar surface area (TPSA) is 76.7 Å². The van der Waals surface area contributed by atoms with Crippen molar-refractivity contribution >= 4 is 40.6 Å². The molecule has 0 aromatic heterocycles. The third kappa shape index (κ3) is 7.37. The van der Waals surface area contributed by atoms with E-state index in [4.69, 9.17) is 11.6 Å². The number of urea groups is 1. The second kappa shape index (κ2) is 12.5. The molecule has 0 atom stereocenters. The zero-order valence-corrected chi connectivity index (χ0v) is 20.3. The minimum Gasteiger partial charge on any atom is -0.371 e. The van der Waals surface area contributed by atoms with Crippen LogP contribution in [0.4, 0.5) is 21.9 Å². The van der Waals surface area contributed by atoms with Gasteiger partial charge in [-0.1, -0.05) is 31.5 Å². The van der Waals surface area contributed by atoms with Gasteiger partial charge >= 0.3 is 6.03 Å². The Morgan fingerprint density at radius 3 is 2.33 bits per heavy atom. The van der Waals surface area contributed by atoms with Crippen LogP contribution in [-0.2, 0) is 0 Å². The van der Waals surface area contributed by atoms with E-state index in [9.17, 15) is 9.59 Å². The highest BCUT2D eigenvalue weighted by Gasteiger charge is 2.20. The van der Waals surface area contributed by atoms with Crippen LogP contribution in [0.5, 0.6) is 0 Å². The van der Waals surface area contributed by atoms with Gasteiger partial charge in [-0.15, -0.1) is 0 Å². The average Bonchev–Trinajstić information content (AvgIpc) is 2.82. The number of carbonyl (C=O) groups excluding carboxylic acids is 2. The second-order valence-electron chi connectivity index (χ2n) is 8.15. The molecule has 1 fully saturated rings.